The molecule has 0 radical (unpaired) electrons. The Hall–Kier alpha value is -1.08. The number of aliphatic hydroxyl groups is 1. The summed E-state index contributed by atoms with van der Waals surface area (Å²) in [5.41, 5.74) is 2.66. The lowest BCUT2D eigenvalue weighted by Crippen LogP contribution is -2.07. The van der Waals surface area contributed by atoms with E-state index in [1.165, 1.54) is 11.1 Å². The lowest BCUT2D eigenvalue weighted by Gasteiger charge is -2.12. The summed E-state index contributed by atoms with van der Waals surface area (Å²) in [6, 6.07) is 10.3. The second-order valence-electron chi connectivity index (χ2n) is 4.18. The van der Waals surface area contributed by atoms with Crippen molar-refractivity contribution in [3.63, 3.8) is 0 Å². The molecule has 1 heteroatoms. The summed E-state index contributed by atoms with van der Waals surface area (Å²) in [5, 5.41) is 9.26. The molecule has 0 aromatic heterocycles. The molecule has 2 rings (SSSR count). The largest absolute Gasteiger partial charge is 0.395 e. The Morgan fingerprint density at radius 3 is 2.50 bits per heavy atom. The topological polar surface area (TPSA) is 20.2 Å². The van der Waals surface area contributed by atoms with Crippen LogP contribution in [0, 0.1) is 5.41 Å². The minimum Gasteiger partial charge on any atom is -0.395 e. The Morgan fingerprint density at radius 2 is 2.00 bits per heavy atom. The van der Waals surface area contributed by atoms with E-state index < -0.39 is 0 Å². The Bertz CT molecular complexity index is 334. The fourth-order valence-electron chi connectivity index (χ4n) is 1.78. The second kappa shape index (κ2) is 3.58. The van der Waals surface area contributed by atoms with Gasteiger partial charge in [-0.15, -0.1) is 0 Å². The second-order valence-corrected chi connectivity index (χ2v) is 4.18. The molecule has 0 spiro atoms. The number of aliphatic hydroxyl groups excluding tert-OH is 1. The van der Waals surface area contributed by atoms with Crippen LogP contribution in [0.5, 0.6) is 0 Å². The molecule has 0 aliphatic heterocycles. The van der Waals surface area contributed by atoms with E-state index in [1.807, 2.05) is 18.2 Å². The van der Waals surface area contributed by atoms with E-state index in [9.17, 15) is 5.11 Å². The van der Waals surface area contributed by atoms with Crippen LogP contribution in [0.25, 0.3) is 6.08 Å². The first kappa shape index (κ1) is 9.47. The van der Waals surface area contributed by atoms with Crippen LogP contribution >= 0.6 is 0 Å². The van der Waals surface area contributed by atoms with Crippen molar-refractivity contribution in [1.29, 1.82) is 0 Å². The lowest BCUT2D eigenvalue weighted by molar-refractivity contribution is 0.235. The molecule has 1 fully saturated rings. The van der Waals surface area contributed by atoms with E-state index in [0.29, 0.717) is 6.61 Å². The first-order valence-corrected chi connectivity index (χ1v) is 5.11. The maximum Gasteiger partial charge on any atom is 0.0524 e. The van der Waals surface area contributed by atoms with Crippen molar-refractivity contribution in [2.24, 2.45) is 5.41 Å². The molecule has 0 heterocycles. The van der Waals surface area contributed by atoms with Gasteiger partial charge in [-0.05, 0) is 25.3 Å². The van der Waals surface area contributed by atoms with Gasteiger partial charge in [0, 0.05) is 5.41 Å². The number of hydrogen-bond donors (Lipinski definition) is 1. The molecule has 0 saturated heterocycles. The van der Waals surface area contributed by atoms with Gasteiger partial charge in [0.2, 0.25) is 0 Å². The molecule has 1 N–H and O–H groups in total. The van der Waals surface area contributed by atoms with Crippen LogP contribution in [0.3, 0.4) is 0 Å². The summed E-state index contributed by atoms with van der Waals surface area (Å²) in [6.45, 7) is 2.42. The van der Waals surface area contributed by atoms with Crippen LogP contribution in [0.15, 0.2) is 35.9 Å². The predicted octanol–water partition coefficient (Wildman–Crippen LogP) is 2.86. The number of benzene rings is 1. The normalized spacial score (nSPS) is 19.4. The highest BCUT2D eigenvalue weighted by Crippen LogP contribution is 2.51. The average Bonchev–Trinajstić information content (AvgIpc) is 3.00. The Kier molecular flexibility index (Phi) is 2.42. The molecular weight excluding hydrogens is 172 g/mol. The summed E-state index contributed by atoms with van der Waals surface area (Å²) in [7, 11) is 0. The zero-order valence-electron chi connectivity index (χ0n) is 8.53. The van der Waals surface area contributed by atoms with Crippen LogP contribution in [0.4, 0.5) is 0 Å². The minimum atomic E-state index is 0.121. The van der Waals surface area contributed by atoms with E-state index in [1.54, 1.807) is 0 Å². The molecule has 1 nitrogen and oxygen atoms in total. The highest BCUT2D eigenvalue weighted by atomic mass is 16.3. The smallest absolute Gasteiger partial charge is 0.0524 e. The molecular formula is C13H16O. The van der Waals surface area contributed by atoms with E-state index in [0.717, 1.165) is 12.8 Å². The molecule has 0 bridgehead atoms. The zero-order chi connectivity index (χ0) is 10.0. The molecule has 1 aromatic carbocycles. The Labute approximate surface area is 85.1 Å². The quantitative estimate of drug-likeness (QED) is 0.773. The van der Waals surface area contributed by atoms with Crippen molar-refractivity contribution < 1.29 is 5.11 Å². The van der Waals surface area contributed by atoms with Crippen molar-refractivity contribution in [3.05, 3.63) is 41.5 Å². The molecule has 74 valence electrons. The van der Waals surface area contributed by atoms with E-state index in [2.05, 4.69) is 25.1 Å². The van der Waals surface area contributed by atoms with Crippen LogP contribution in [0.2, 0.25) is 0 Å². The number of rotatable bonds is 3. The minimum absolute atomic E-state index is 0.121. The third-order valence-electron chi connectivity index (χ3n) is 3.18. The predicted molar refractivity (Wildman–Crippen MR) is 58.8 cm³/mol. The summed E-state index contributed by atoms with van der Waals surface area (Å²) >= 11 is 0. The molecule has 0 amide bonds. The van der Waals surface area contributed by atoms with Gasteiger partial charge in [0.25, 0.3) is 0 Å². The molecule has 0 unspecified atom stereocenters. The van der Waals surface area contributed by atoms with E-state index in [4.69, 9.17) is 0 Å². The fourth-order valence-corrected chi connectivity index (χ4v) is 1.78. The van der Waals surface area contributed by atoms with Crippen LogP contribution < -0.4 is 0 Å². The first-order chi connectivity index (χ1) is 6.77. The zero-order valence-corrected chi connectivity index (χ0v) is 8.53. The molecule has 1 saturated carbocycles. The SMILES string of the molecule is C/C(=C\c1ccccc1)C1(CO)CC1. The van der Waals surface area contributed by atoms with Gasteiger partial charge in [-0.2, -0.15) is 0 Å². The van der Waals surface area contributed by atoms with Gasteiger partial charge in [-0.1, -0.05) is 42.0 Å². The van der Waals surface area contributed by atoms with Gasteiger partial charge in [0.1, 0.15) is 0 Å². The van der Waals surface area contributed by atoms with Gasteiger partial charge in [-0.25, -0.2) is 0 Å². The van der Waals surface area contributed by atoms with E-state index >= 15 is 0 Å². The summed E-state index contributed by atoms with van der Waals surface area (Å²) in [6.07, 6.45) is 4.46. The van der Waals surface area contributed by atoms with Gasteiger partial charge in [-0.3, -0.25) is 0 Å². The van der Waals surface area contributed by atoms with Gasteiger partial charge in [0.15, 0.2) is 0 Å². The molecule has 1 aliphatic carbocycles. The third-order valence-corrected chi connectivity index (χ3v) is 3.18. The average molecular weight is 188 g/mol. The Balaban J connectivity index is 2.19. The Morgan fingerprint density at radius 1 is 1.36 bits per heavy atom. The highest BCUT2D eigenvalue weighted by molar-refractivity contribution is 5.54. The van der Waals surface area contributed by atoms with Crippen LogP contribution in [0.1, 0.15) is 25.3 Å². The van der Waals surface area contributed by atoms with Crippen LogP contribution in [-0.2, 0) is 0 Å². The highest BCUT2D eigenvalue weighted by Gasteiger charge is 2.43. The molecule has 14 heavy (non-hydrogen) atoms. The fraction of sp³-hybridized carbons (Fsp3) is 0.385. The third kappa shape index (κ3) is 1.73. The van der Waals surface area contributed by atoms with Crippen molar-refractivity contribution >= 4 is 6.08 Å². The van der Waals surface area contributed by atoms with Gasteiger partial charge >= 0.3 is 0 Å². The standard InChI is InChI=1S/C13H16O/c1-11(13(10-14)7-8-13)9-12-5-3-2-4-6-12/h2-6,9,14H,7-8,10H2,1H3/b11-9+. The maximum absolute atomic E-state index is 9.26. The van der Waals surface area contributed by atoms with E-state index in [-0.39, 0.29) is 5.41 Å². The van der Waals surface area contributed by atoms with Crippen molar-refractivity contribution in [2.45, 2.75) is 19.8 Å². The van der Waals surface area contributed by atoms with Gasteiger partial charge in [0.05, 0.1) is 6.61 Å². The summed E-state index contributed by atoms with van der Waals surface area (Å²) in [5.74, 6) is 0. The molecule has 1 aromatic rings. The summed E-state index contributed by atoms with van der Waals surface area (Å²) < 4.78 is 0. The first-order valence-electron chi connectivity index (χ1n) is 5.11. The van der Waals surface area contributed by atoms with Crippen molar-refractivity contribution in [2.75, 3.05) is 6.61 Å². The summed E-state index contributed by atoms with van der Waals surface area (Å²) in [4.78, 5) is 0. The van der Waals surface area contributed by atoms with Gasteiger partial charge < -0.3 is 5.11 Å². The van der Waals surface area contributed by atoms with Crippen LogP contribution in [-0.4, -0.2) is 11.7 Å². The number of hydrogen-bond acceptors (Lipinski definition) is 1. The van der Waals surface area contributed by atoms with Crippen molar-refractivity contribution in [3.8, 4) is 0 Å². The molecule has 0 atom stereocenters. The van der Waals surface area contributed by atoms with Crippen molar-refractivity contribution in [1.82, 2.24) is 0 Å². The lowest BCUT2D eigenvalue weighted by atomic mass is 9.96. The maximum atomic E-state index is 9.26. The molecule has 1 aliphatic rings. The monoisotopic (exact) mass is 188 g/mol.